The molecule has 5 N–H and O–H groups in total. The van der Waals surface area contributed by atoms with E-state index in [1.807, 2.05) is 0 Å². The van der Waals surface area contributed by atoms with E-state index in [4.69, 9.17) is 18.9 Å². The van der Waals surface area contributed by atoms with Crippen molar-refractivity contribution in [1.29, 1.82) is 0 Å². The average Bonchev–Trinajstić information content (AvgIpc) is 3.29. The maximum Gasteiger partial charge on any atom is 0.345 e. The highest BCUT2D eigenvalue weighted by Crippen LogP contribution is 2.53. The second-order valence-electron chi connectivity index (χ2n) is 10.6. The first-order chi connectivity index (χ1) is 17.7. The van der Waals surface area contributed by atoms with E-state index in [1.54, 1.807) is 0 Å². The lowest BCUT2D eigenvalue weighted by molar-refractivity contribution is -0.308. The van der Waals surface area contributed by atoms with Crippen molar-refractivity contribution >= 4 is 17.7 Å². The van der Waals surface area contributed by atoms with Gasteiger partial charge < -0.3 is 44.5 Å². The molecule has 0 aromatic rings. The van der Waals surface area contributed by atoms with Crippen LogP contribution in [0.25, 0.3) is 0 Å². The molecule has 2 aliphatic carbocycles. The van der Waals surface area contributed by atoms with Gasteiger partial charge in [0, 0.05) is 17.9 Å². The van der Waals surface area contributed by atoms with Gasteiger partial charge in [0.05, 0.1) is 18.6 Å². The number of carbonyl (C=O) groups is 3. The van der Waals surface area contributed by atoms with Crippen LogP contribution in [-0.4, -0.2) is 104 Å². The SMILES string of the molecule is C=C1[C@@H](O[C@@H]2O[C@H](CO)[C@@H](O)[C@H](O)[C@H]2O)C[C@H]2C(=C)C[C@@H](OC(=O)C(C)(O)C(C)=O)[C@H]3C(=C)C(=O)OC3[C@@H]12. The molecule has 2 saturated carbocycles. The molecule has 0 radical (unpaired) electrons. The van der Waals surface area contributed by atoms with Crippen LogP contribution < -0.4 is 0 Å². The molecule has 2 heterocycles. The zero-order chi connectivity index (χ0) is 28.3. The summed E-state index contributed by atoms with van der Waals surface area (Å²) in [5.74, 6) is -4.37. The monoisotopic (exact) mass is 538 g/mol. The van der Waals surface area contributed by atoms with E-state index in [2.05, 4.69) is 19.7 Å². The van der Waals surface area contributed by atoms with Crippen molar-refractivity contribution < 1.29 is 58.9 Å². The normalized spacial score (nSPS) is 42.6. The Kier molecular flexibility index (Phi) is 7.71. The maximum absolute atomic E-state index is 12.7. The van der Waals surface area contributed by atoms with Crippen LogP contribution in [0.2, 0.25) is 0 Å². The van der Waals surface area contributed by atoms with Crippen molar-refractivity contribution in [1.82, 2.24) is 0 Å². The van der Waals surface area contributed by atoms with Crippen LogP contribution in [0.15, 0.2) is 36.5 Å². The summed E-state index contributed by atoms with van der Waals surface area (Å²) in [6, 6.07) is 0. The van der Waals surface area contributed by atoms with Gasteiger partial charge in [-0.1, -0.05) is 25.3 Å². The first kappa shape index (κ1) is 28.6. The third kappa shape index (κ3) is 4.64. The summed E-state index contributed by atoms with van der Waals surface area (Å²) in [7, 11) is 0. The maximum atomic E-state index is 12.7. The summed E-state index contributed by atoms with van der Waals surface area (Å²) in [6.07, 6.45) is -9.55. The Labute approximate surface area is 219 Å². The van der Waals surface area contributed by atoms with E-state index in [0.717, 1.165) is 13.8 Å². The highest BCUT2D eigenvalue weighted by molar-refractivity contribution is 6.05. The van der Waals surface area contributed by atoms with E-state index >= 15 is 0 Å². The van der Waals surface area contributed by atoms with Crippen molar-refractivity contribution in [2.45, 2.75) is 81.3 Å². The molecule has 38 heavy (non-hydrogen) atoms. The van der Waals surface area contributed by atoms with Crippen molar-refractivity contribution in [3.8, 4) is 0 Å². The number of aliphatic hydroxyl groups excluding tert-OH is 4. The number of esters is 2. The topological polar surface area (TPSA) is 189 Å². The second kappa shape index (κ2) is 10.3. The Hall–Kier alpha value is -2.45. The molecule has 12 nitrogen and oxygen atoms in total. The molecule has 0 aromatic heterocycles. The van der Waals surface area contributed by atoms with Gasteiger partial charge in [-0.05, 0) is 31.8 Å². The average molecular weight is 539 g/mol. The van der Waals surface area contributed by atoms with E-state index in [-0.39, 0.29) is 24.3 Å². The lowest BCUT2D eigenvalue weighted by Gasteiger charge is -2.40. The van der Waals surface area contributed by atoms with Crippen LogP contribution in [-0.2, 0) is 33.3 Å². The highest BCUT2D eigenvalue weighted by atomic mass is 16.7. The minimum atomic E-state index is -2.38. The van der Waals surface area contributed by atoms with Gasteiger partial charge in [0.1, 0.15) is 36.6 Å². The minimum Gasteiger partial charge on any atom is -0.459 e. The number of fused-ring (bicyclic) bond motifs is 3. The fraction of sp³-hybridized carbons (Fsp3) is 0.654. The summed E-state index contributed by atoms with van der Waals surface area (Å²) in [5, 5.41) is 50.3. The number of carbonyl (C=O) groups excluding carboxylic acids is 3. The standard InChI is InChI=1S/C26H34O12/c1-9-6-15(37-25(33)26(5,34)12(4)28)18-11(3)23(32)38-22(18)17-10(2)14(7-13(9)17)35-24-21(31)20(30)19(29)16(8-27)36-24/h13-22,24,27,29-31,34H,1-3,6-8H2,4-5H3/t13-,14-,15+,16+,17-,18+,19+,20-,21+,22?,24+,26?/m0/s1. The second-order valence-corrected chi connectivity index (χ2v) is 10.6. The number of Topliss-reactive ketones (excluding diaryl/α,β-unsaturated/α-hetero) is 1. The van der Waals surface area contributed by atoms with Gasteiger partial charge in [-0.15, -0.1) is 0 Å². The van der Waals surface area contributed by atoms with Crippen LogP contribution in [0.1, 0.15) is 26.7 Å². The fourth-order valence-electron chi connectivity index (χ4n) is 5.73. The lowest BCUT2D eigenvalue weighted by Crippen LogP contribution is -2.59. The molecule has 12 heteroatoms. The molecule has 0 aromatic carbocycles. The Morgan fingerprint density at radius 1 is 1.11 bits per heavy atom. The molecule has 2 saturated heterocycles. The third-order valence-electron chi connectivity index (χ3n) is 8.24. The van der Waals surface area contributed by atoms with Gasteiger partial charge in [-0.3, -0.25) is 4.79 Å². The Morgan fingerprint density at radius 3 is 2.37 bits per heavy atom. The van der Waals surface area contributed by atoms with Gasteiger partial charge in [-0.2, -0.15) is 0 Å². The molecular formula is C26H34O12. The van der Waals surface area contributed by atoms with Gasteiger partial charge in [0.15, 0.2) is 12.1 Å². The zero-order valence-corrected chi connectivity index (χ0v) is 21.2. The Bertz CT molecular complexity index is 1050. The molecule has 4 fully saturated rings. The van der Waals surface area contributed by atoms with Crippen LogP contribution in [0.3, 0.4) is 0 Å². The molecular weight excluding hydrogens is 504 g/mol. The number of aliphatic hydroxyl groups is 5. The summed E-state index contributed by atoms with van der Waals surface area (Å²) in [5.41, 5.74) is -1.21. The largest absolute Gasteiger partial charge is 0.459 e. The van der Waals surface area contributed by atoms with Crippen LogP contribution in [0.5, 0.6) is 0 Å². The number of hydrogen-bond acceptors (Lipinski definition) is 12. The molecule has 0 amide bonds. The molecule has 12 atom stereocenters. The predicted octanol–water partition coefficient (Wildman–Crippen LogP) is -1.33. The number of hydrogen-bond donors (Lipinski definition) is 5. The van der Waals surface area contributed by atoms with Crippen LogP contribution in [0.4, 0.5) is 0 Å². The van der Waals surface area contributed by atoms with Crippen molar-refractivity contribution in [3.63, 3.8) is 0 Å². The van der Waals surface area contributed by atoms with Gasteiger partial charge >= 0.3 is 11.9 Å². The molecule has 0 bridgehead atoms. The van der Waals surface area contributed by atoms with E-state index in [1.165, 1.54) is 0 Å². The van der Waals surface area contributed by atoms with Crippen molar-refractivity contribution in [2.24, 2.45) is 17.8 Å². The first-order valence-corrected chi connectivity index (χ1v) is 12.4. The molecule has 2 unspecified atom stereocenters. The minimum absolute atomic E-state index is 0.0646. The smallest absolute Gasteiger partial charge is 0.345 e. The molecule has 0 spiro atoms. The van der Waals surface area contributed by atoms with Gasteiger partial charge in [0.25, 0.3) is 0 Å². The molecule has 4 aliphatic rings. The fourth-order valence-corrected chi connectivity index (χ4v) is 5.73. The van der Waals surface area contributed by atoms with Gasteiger partial charge in [-0.25, -0.2) is 9.59 Å². The predicted molar refractivity (Wildman–Crippen MR) is 127 cm³/mol. The lowest BCUT2D eigenvalue weighted by atomic mass is 9.81. The molecule has 210 valence electrons. The number of ether oxygens (including phenoxy) is 4. The molecule has 4 rings (SSSR count). The summed E-state index contributed by atoms with van der Waals surface area (Å²) < 4.78 is 22.6. The third-order valence-corrected chi connectivity index (χ3v) is 8.24. The Morgan fingerprint density at radius 2 is 1.76 bits per heavy atom. The highest BCUT2D eigenvalue weighted by Gasteiger charge is 2.58. The Balaban J connectivity index is 1.58. The zero-order valence-electron chi connectivity index (χ0n) is 21.2. The van der Waals surface area contributed by atoms with Crippen molar-refractivity contribution in [3.05, 3.63) is 36.5 Å². The first-order valence-electron chi connectivity index (χ1n) is 12.4. The summed E-state index contributed by atoms with van der Waals surface area (Å²) >= 11 is 0. The van der Waals surface area contributed by atoms with Crippen LogP contribution in [0, 0.1) is 17.8 Å². The molecule has 2 aliphatic heterocycles. The number of rotatable bonds is 6. The quantitative estimate of drug-likeness (QED) is 0.116. The van der Waals surface area contributed by atoms with E-state index in [9.17, 15) is 39.9 Å². The summed E-state index contributed by atoms with van der Waals surface area (Å²) in [4.78, 5) is 37.0. The van der Waals surface area contributed by atoms with Crippen molar-refractivity contribution in [2.75, 3.05) is 6.61 Å². The van der Waals surface area contributed by atoms with E-state index in [0.29, 0.717) is 11.1 Å². The van der Waals surface area contributed by atoms with Crippen LogP contribution >= 0.6 is 0 Å². The number of ketones is 1. The van der Waals surface area contributed by atoms with E-state index < -0.39 is 90.8 Å². The summed E-state index contributed by atoms with van der Waals surface area (Å²) in [6.45, 7) is 13.6. The van der Waals surface area contributed by atoms with Gasteiger partial charge in [0.2, 0.25) is 5.60 Å².